The molecular weight excluding hydrogens is 223 g/mol. The number of hydrogen-bond acceptors (Lipinski definition) is 4. The molecule has 0 bridgehead atoms. The summed E-state index contributed by atoms with van der Waals surface area (Å²) in [5.41, 5.74) is 0.757. The number of benzene rings is 1. The van der Waals surface area contributed by atoms with E-state index >= 15 is 0 Å². The van der Waals surface area contributed by atoms with Crippen LogP contribution in [0, 0.1) is 0 Å². The molecule has 15 heavy (non-hydrogen) atoms. The summed E-state index contributed by atoms with van der Waals surface area (Å²) in [4.78, 5) is 26.5. The molecule has 1 saturated heterocycles. The van der Waals surface area contributed by atoms with E-state index in [0.29, 0.717) is 6.61 Å². The van der Waals surface area contributed by atoms with Gasteiger partial charge < -0.3 is 4.52 Å². The topological polar surface area (TPSA) is 85.2 Å². The van der Waals surface area contributed by atoms with Gasteiger partial charge in [-0.1, -0.05) is 12.1 Å². The first-order valence-electron chi connectivity index (χ1n) is 4.18. The van der Waals surface area contributed by atoms with Gasteiger partial charge in [0, 0.05) is 0 Å². The molecule has 0 saturated carbocycles. The number of rotatable bonds is 3. The van der Waals surface area contributed by atoms with Crippen LogP contribution >= 0.6 is 7.82 Å². The van der Waals surface area contributed by atoms with Crippen LogP contribution in [0.15, 0.2) is 24.3 Å². The normalized spacial score (nSPS) is 20.8. The van der Waals surface area contributed by atoms with Gasteiger partial charge in [0.2, 0.25) is 0 Å². The van der Waals surface area contributed by atoms with Crippen molar-refractivity contribution in [3.8, 4) is 5.75 Å². The fourth-order valence-electron chi connectivity index (χ4n) is 1.20. The summed E-state index contributed by atoms with van der Waals surface area (Å²) in [5.74, 6) is 0.108. The Bertz CT molecular complexity index is 396. The molecule has 0 aromatic heterocycles. The van der Waals surface area contributed by atoms with E-state index in [4.69, 9.17) is 14.7 Å². The van der Waals surface area contributed by atoms with Crippen molar-refractivity contribution in [2.75, 3.05) is 6.61 Å². The standard InChI is InChI=1S/C8H9O6P/c9-15(10,11)14-7-3-1-2-6(4-7)8-5-12-13-8/h1-4,8H,5H2,(H2,9,10,11). The lowest BCUT2D eigenvalue weighted by Gasteiger charge is -2.24. The largest absolute Gasteiger partial charge is 0.524 e. The minimum atomic E-state index is -4.50. The summed E-state index contributed by atoms with van der Waals surface area (Å²) in [5, 5.41) is 0. The van der Waals surface area contributed by atoms with E-state index in [-0.39, 0.29) is 11.9 Å². The van der Waals surface area contributed by atoms with Crippen LogP contribution in [0.25, 0.3) is 0 Å². The lowest BCUT2D eigenvalue weighted by atomic mass is 10.1. The van der Waals surface area contributed by atoms with Gasteiger partial charge in [-0.3, -0.25) is 9.79 Å². The zero-order valence-electron chi connectivity index (χ0n) is 7.57. The highest BCUT2D eigenvalue weighted by atomic mass is 31.2. The zero-order chi connectivity index (χ0) is 10.9. The molecule has 1 aliphatic heterocycles. The maximum atomic E-state index is 10.6. The van der Waals surface area contributed by atoms with Gasteiger partial charge in [-0.05, 0) is 17.7 Å². The molecule has 0 spiro atoms. The van der Waals surface area contributed by atoms with Crippen LogP contribution in [0.5, 0.6) is 5.75 Å². The van der Waals surface area contributed by atoms with Crippen LogP contribution in [0.4, 0.5) is 0 Å². The zero-order valence-corrected chi connectivity index (χ0v) is 8.46. The third kappa shape index (κ3) is 2.77. The summed E-state index contributed by atoms with van der Waals surface area (Å²) in [6, 6.07) is 6.36. The molecule has 1 atom stereocenters. The lowest BCUT2D eigenvalue weighted by molar-refractivity contribution is -0.429. The van der Waals surface area contributed by atoms with Crippen LogP contribution in [0.1, 0.15) is 11.7 Å². The van der Waals surface area contributed by atoms with Gasteiger partial charge in [0.25, 0.3) is 0 Å². The third-order valence-electron chi connectivity index (χ3n) is 1.86. The van der Waals surface area contributed by atoms with E-state index < -0.39 is 7.82 Å². The molecule has 1 fully saturated rings. The van der Waals surface area contributed by atoms with Crippen molar-refractivity contribution >= 4 is 7.82 Å². The highest BCUT2D eigenvalue weighted by Crippen LogP contribution is 2.38. The van der Waals surface area contributed by atoms with Gasteiger partial charge in [0.15, 0.2) is 0 Å². The van der Waals surface area contributed by atoms with Crippen molar-refractivity contribution in [2.24, 2.45) is 0 Å². The van der Waals surface area contributed by atoms with Gasteiger partial charge >= 0.3 is 7.82 Å². The average Bonchev–Trinajstić information content (AvgIpc) is 1.97. The molecule has 1 aromatic rings. The van der Waals surface area contributed by atoms with Crippen LogP contribution in [-0.4, -0.2) is 16.4 Å². The first-order chi connectivity index (χ1) is 7.04. The van der Waals surface area contributed by atoms with E-state index in [9.17, 15) is 4.57 Å². The van der Waals surface area contributed by atoms with Crippen LogP contribution in [0.3, 0.4) is 0 Å². The van der Waals surface area contributed by atoms with Gasteiger partial charge in [-0.25, -0.2) is 14.3 Å². The summed E-state index contributed by atoms with van der Waals surface area (Å²) in [6.07, 6.45) is -0.190. The Balaban J connectivity index is 2.15. The quantitative estimate of drug-likeness (QED) is 0.600. The van der Waals surface area contributed by atoms with Crippen molar-refractivity contribution in [2.45, 2.75) is 6.10 Å². The summed E-state index contributed by atoms with van der Waals surface area (Å²) < 4.78 is 15.0. The highest BCUT2D eigenvalue weighted by Gasteiger charge is 2.24. The molecule has 1 heterocycles. The lowest BCUT2D eigenvalue weighted by Crippen LogP contribution is -2.22. The van der Waals surface area contributed by atoms with Gasteiger partial charge in [-0.15, -0.1) is 0 Å². The molecule has 1 aliphatic rings. The Morgan fingerprint density at radius 3 is 2.73 bits per heavy atom. The fourth-order valence-corrected chi connectivity index (χ4v) is 1.58. The summed E-state index contributed by atoms with van der Waals surface area (Å²) >= 11 is 0. The Morgan fingerprint density at radius 2 is 2.20 bits per heavy atom. The predicted molar refractivity (Wildman–Crippen MR) is 48.9 cm³/mol. The second-order valence-electron chi connectivity index (χ2n) is 3.02. The van der Waals surface area contributed by atoms with Gasteiger partial charge in [0.1, 0.15) is 18.5 Å². The first kappa shape index (κ1) is 10.6. The second kappa shape index (κ2) is 3.92. The molecule has 0 aliphatic carbocycles. The maximum Gasteiger partial charge on any atom is 0.524 e. The van der Waals surface area contributed by atoms with Crippen molar-refractivity contribution in [3.63, 3.8) is 0 Å². The van der Waals surface area contributed by atoms with Crippen molar-refractivity contribution in [1.29, 1.82) is 0 Å². The smallest absolute Gasteiger partial charge is 0.404 e. The SMILES string of the molecule is O=P(O)(O)Oc1cccc(C2COO2)c1. The van der Waals surface area contributed by atoms with Gasteiger partial charge in [-0.2, -0.15) is 0 Å². The molecule has 2 N–H and O–H groups in total. The first-order valence-corrected chi connectivity index (χ1v) is 5.71. The molecule has 2 rings (SSSR count). The number of hydrogen-bond donors (Lipinski definition) is 2. The molecule has 7 heteroatoms. The third-order valence-corrected chi connectivity index (χ3v) is 2.31. The fraction of sp³-hybridized carbons (Fsp3) is 0.250. The Morgan fingerprint density at radius 1 is 1.47 bits per heavy atom. The second-order valence-corrected chi connectivity index (χ2v) is 4.19. The minimum Gasteiger partial charge on any atom is -0.404 e. The highest BCUT2D eigenvalue weighted by molar-refractivity contribution is 7.46. The molecule has 1 aromatic carbocycles. The minimum absolute atomic E-state index is 0.108. The molecular formula is C8H9O6P. The molecule has 1 unspecified atom stereocenters. The van der Waals surface area contributed by atoms with Crippen LogP contribution in [-0.2, 0) is 14.3 Å². The van der Waals surface area contributed by atoms with E-state index in [1.807, 2.05) is 0 Å². The molecule has 6 nitrogen and oxygen atoms in total. The van der Waals surface area contributed by atoms with E-state index in [2.05, 4.69) is 9.41 Å². The maximum absolute atomic E-state index is 10.6. The predicted octanol–water partition coefficient (Wildman–Crippen LogP) is 1.16. The average molecular weight is 232 g/mol. The number of phosphoric acid groups is 1. The van der Waals surface area contributed by atoms with Gasteiger partial charge in [0.05, 0.1) is 0 Å². The van der Waals surface area contributed by atoms with E-state index in [1.165, 1.54) is 12.1 Å². The van der Waals surface area contributed by atoms with Crippen LogP contribution in [0.2, 0.25) is 0 Å². The Kier molecular flexibility index (Phi) is 2.77. The summed E-state index contributed by atoms with van der Waals surface area (Å²) in [6.45, 7) is 0.430. The Hall–Kier alpha value is -0.910. The summed E-state index contributed by atoms with van der Waals surface area (Å²) in [7, 11) is -4.50. The van der Waals surface area contributed by atoms with Crippen molar-refractivity contribution < 1.29 is 28.7 Å². The molecule has 0 radical (unpaired) electrons. The monoisotopic (exact) mass is 232 g/mol. The van der Waals surface area contributed by atoms with E-state index in [0.717, 1.165) is 5.56 Å². The molecule has 82 valence electrons. The Labute approximate surface area is 85.6 Å². The number of phosphoric ester groups is 1. The van der Waals surface area contributed by atoms with Crippen molar-refractivity contribution in [1.82, 2.24) is 0 Å². The van der Waals surface area contributed by atoms with E-state index in [1.54, 1.807) is 12.1 Å². The molecule has 0 amide bonds. The van der Waals surface area contributed by atoms with Crippen LogP contribution < -0.4 is 4.52 Å². The van der Waals surface area contributed by atoms with Crippen molar-refractivity contribution in [3.05, 3.63) is 29.8 Å².